The Morgan fingerprint density at radius 1 is 1.17 bits per heavy atom. The van der Waals surface area contributed by atoms with Gasteiger partial charge in [-0.3, -0.25) is 9.78 Å². The minimum absolute atomic E-state index is 0.0857. The summed E-state index contributed by atoms with van der Waals surface area (Å²) < 4.78 is 28.0. The topological polar surface area (TPSA) is 88.2 Å². The van der Waals surface area contributed by atoms with Crippen LogP contribution < -0.4 is 10.0 Å². The van der Waals surface area contributed by atoms with Gasteiger partial charge in [0.15, 0.2) is 0 Å². The molecule has 0 unspecified atom stereocenters. The second-order valence-electron chi connectivity index (χ2n) is 6.23. The van der Waals surface area contributed by atoms with Gasteiger partial charge in [0.05, 0.1) is 10.5 Å². The molecule has 0 radical (unpaired) electrons. The van der Waals surface area contributed by atoms with Crippen LogP contribution in [0.4, 0.5) is 5.69 Å². The maximum atomic E-state index is 12.4. The smallest absolute Gasteiger partial charge is 0.257 e. The predicted molar refractivity (Wildman–Crippen MR) is 96.4 cm³/mol. The van der Waals surface area contributed by atoms with Gasteiger partial charge in [0.2, 0.25) is 10.0 Å². The zero-order valence-corrected chi connectivity index (χ0v) is 15.9. The Labute approximate surface area is 149 Å². The summed E-state index contributed by atoms with van der Waals surface area (Å²) in [6.45, 7) is 5.28. The number of carbonyl (C=O) groups excluding carboxylic acids is 1. The number of anilines is 1. The molecular formula is C16H18BrN3O3S. The Hall–Kier alpha value is -1.77. The number of pyridine rings is 1. The Morgan fingerprint density at radius 2 is 1.88 bits per heavy atom. The molecule has 0 spiro atoms. The van der Waals surface area contributed by atoms with E-state index in [1.807, 2.05) is 0 Å². The van der Waals surface area contributed by atoms with Crippen molar-refractivity contribution in [2.24, 2.45) is 0 Å². The third kappa shape index (κ3) is 5.12. The average molecular weight is 412 g/mol. The van der Waals surface area contributed by atoms with Crippen molar-refractivity contribution in [3.8, 4) is 0 Å². The average Bonchev–Trinajstić information content (AvgIpc) is 2.45. The standard InChI is InChI=1S/C16H18BrN3O3S/c1-16(2,3)20-24(22,23)14-6-4-5-13(8-14)19-15(21)11-7-12(17)10-18-9-11/h4-10,20H,1-3H3,(H,19,21). The van der Waals surface area contributed by atoms with Gasteiger partial charge in [-0.25, -0.2) is 13.1 Å². The number of hydrogen-bond acceptors (Lipinski definition) is 4. The number of sulfonamides is 1. The Kier molecular flexibility index (Phi) is 5.42. The Bertz CT molecular complexity index is 861. The number of nitrogens with zero attached hydrogens (tertiary/aromatic N) is 1. The van der Waals surface area contributed by atoms with E-state index in [9.17, 15) is 13.2 Å². The lowest BCUT2D eigenvalue weighted by Gasteiger charge is -2.20. The van der Waals surface area contributed by atoms with Gasteiger partial charge >= 0.3 is 0 Å². The maximum absolute atomic E-state index is 12.4. The number of amides is 1. The van der Waals surface area contributed by atoms with Crippen molar-refractivity contribution in [1.82, 2.24) is 9.71 Å². The lowest BCUT2D eigenvalue weighted by atomic mass is 10.1. The lowest BCUT2D eigenvalue weighted by molar-refractivity contribution is 0.102. The van der Waals surface area contributed by atoms with Crippen LogP contribution in [0.1, 0.15) is 31.1 Å². The number of aromatic nitrogens is 1. The molecule has 2 rings (SSSR count). The van der Waals surface area contributed by atoms with E-state index in [2.05, 4.69) is 31.0 Å². The highest BCUT2D eigenvalue weighted by atomic mass is 79.9. The molecule has 0 fully saturated rings. The summed E-state index contributed by atoms with van der Waals surface area (Å²) in [5, 5.41) is 2.67. The van der Waals surface area contributed by atoms with Gasteiger partial charge in [-0.1, -0.05) is 6.07 Å². The molecule has 0 bridgehead atoms. The van der Waals surface area contributed by atoms with Crippen LogP contribution in [0.2, 0.25) is 0 Å². The number of hydrogen-bond donors (Lipinski definition) is 2. The highest BCUT2D eigenvalue weighted by molar-refractivity contribution is 9.10. The van der Waals surface area contributed by atoms with Crippen LogP contribution in [0.15, 0.2) is 52.1 Å². The highest BCUT2D eigenvalue weighted by Crippen LogP contribution is 2.18. The quantitative estimate of drug-likeness (QED) is 0.808. The number of rotatable bonds is 4. The van der Waals surface area contributed by atoms with E-state index in [0.717, 1.165) is 0 Å². The van der Waals surface area contributed by atoms with Crippen molar-refractivity contribution in [3.05, 3.63) is 52.8 Å². The van der Waals surface area contributed by atoms with Gasteiger partial charge in [-0.15, -0.1) is 0 Å². The van der Waals surface area contributed by atoms with Crippen LogP contribution in [-0.2, 0) is 10.0 Å². The Morgan fingerprint density at radius 3 is 2.50 bits per heavy atom. The monoisotopic (exact) mass is 411 g/mol. The van der Waals surface area contributed by atoms with E-state index in [1.54, 1.807) is 45.2 Å². The molecule has 2 N–H and O–H groups in total. The van der Waals surface area contributed by atoms with E-state index in [0.29, 0.717) is 15.7 Å². The zero-order valence-electron chi connectivity index (χ0n) is 13.5. The van der Waals surface area contributed by atoms with Gasteiger partial charge in [-0.05, 0) is 61.0 Å². The van der Waals surface area contributed by atoms with E-state index in [4.69, 9.17) is 0 Å². The molecular weight excluding hydrogens is 394 g/mol. The molecule has 0 atom stereocenters. The van der Waals surface area contributed by atoms with Gasteiger partial charge in [0, 0.05) is 28.1 Å². The third-order valence-corrected chi connectivity index (χ3v) is 5.00. The van der Waals surface area contributed by atoms with Crippen LogP contribution in [-0.4, -0.2) is 24.8 Å². The second kappa shape index (κ2) is 7.00. The molecule has 1 aromatic heterocycles. The van der Waals surface area contributed by atoms with Crippen molar-refractivity contribution < 1.29 is 13.2 Å². The summed E-state index contributed by atoms with van der Waals surface area (Å²) in [7, 11) is -3.67. The summed E-state index contributed by atoms with van der Waals surface area (Å²) in [6, 6.07) is 7.72. The number of halogens is 1. The van der Waals surface area contributed by atoms with Crippen LogP contribution in [0, 0.1) is 0 Å². The maximum Gasteiger partial charge on any atom is 0.257 e. The summed E-state index contributed by atoms with van der Waals surface area (Å²) in [5.41, 5.74) is 0.155. The second-order valence-corrected chi connectivity index (χ2v) is 8.83. The molecule has 0 aliphatic rings. The summed E-state index contributed by atoms with van der Waals surface area (Å²) in [6.07, 6.45) is 3.00. The molecule has 1 heterocycles. The molecule has 0 aliphatic heterocycles. The van der Waals surface area contributed by atoms with Crippen molar-refractivity contribution in [3.63, 3.8) is 0 Å². The first kappa shape index (κ1) is 18.6. The Balaban J connectivity index is 2.23. The van der Waals surface area contributed by atoms with Gasteiger partial charge in [0.1, 0.15) is 0 Å². The van der Waals surface area contributed by atoms with E-state index < -0.39 is 15.6 Å². The SMILES string of the molecule is CC(C)(C)NS(=O)(=O)c1cccc(NC(=O)c2cncc(Br)c2)c1. The molecule has 0 saturated carbocycles. The third-order valence-electron chi connectivity index (χ3n) is 2.81. The van der Waals surface area contributed by atoms with E-state index in [-0.39, 0.29) is 10.8 Å². The van der Waals surface area contributed by atoms with Crippen molar-refractivity contribution >= 4 is 37.5 Å². The molecule has 0 saturated heterocycles. The van der Waals surface area contributed by atoms with Gasteiger partial charge < -0.3 is 5.32 Å². The molecule has 24 heavy (non-hydrogen) atoms. The van der Waals surface area contributed by atoms with Crippen LogP contribution >= 0.6 is 15.9 Å². The van der Waals surface area contributed by atoms with Gasteiger partial charge in [0.25, 0.3) is 5.91 Å². The van der Waals surface area contributed by atoms with Crippen LogP contribution in [0.5, 0.6) is 0 Å². The first-order chi connectivity index (χ1) is 11.1. The number of benzene rings is 1. The largest absolute Gasteiger partial charge is 0.322 e. The minimum Gasteiger partial charge on any atom is -0.322 e. The fraction of sp³-hybridized carbons (Fsp3) is 0.250. The van der Waals surface area contributed by atoms with Gasteiger partial charge in [-0.2, -0.15) is 0 Å². The first-order valence-corrected chi connectivity index (χ1v) is 9.40. The zero-order chi connectivity index (χ0) is 18.0. The highest BCUT2D eigenvalue weighted by Gasteiger charge is 2.22. The predicted octanol–water partition coefficient (Wildman–Crippen LogP) is 3.17. The van der Waals surface area contributed by atoms with E-state index in [1.165, 1.54) is 18.3 Å². The minimum atomic E-state index is -3.67. The number of nitrogens with one attached hydrogen (secondary N) is 2. The van der Waals surface area contributed by atoms with Crippen molar-refractivity contribution in [2.45, 2.75) is 31.2 Å². The van der Waals surface area contributed by atoms with Crippen molar-refractivity contribution in [2.75, 3.05) is 5.32 Å². The molecule has 1 aromatic carbocycles. The lowest BCUT2D eigenvalue weighted by Crippen LogP contribution is -2.40. The molecule has 1 amide bonds. The molecule has 8 heteroatoms. The summed E-state index contributed by atoms with van der Waals surface area (Å²) in [5.74, 6) is -0.373. The molecule has 128 valence electrons. The number of carbonyl (C=O) groups is 1. The summed E-state index contributed by atoms with van der Waals surface area (Å²) in [4.78, 5) is 16.2. The molecule has 2 aromatic rings. The normalized spacial score (nSPS) is 12.0. The van der Waals surface area contributed by atoms with E-state index >= 15 is 0 Å². The summed E-state index contributed by atoms with van der Waals surface area (Å²) >= 11 is 3.25. The van der Waals surface area contributed by atoms with Crippen molar-refractivity contribution in [1.29, 1.82) is 0 Å². The van der Waals surface area contributed by atoms with Crippen LogP contribution in [0.3, 0.4) is 0 Å². The molecule has 0 aliphatic carbocycles. The van der Waals surface area contributed by atoms with Crippen LogP contribution in [0.25, 0.3) is 0 Å². The molecule has 6 nitrogen and oxygen atoms in total. The first-order valence-electron chi connectivity index (χ1n) is 7.13. The fourth-order valence-electron chi connectivity index (χ4n) is 1.94. The fourth-order valence-corrected chi connectivity index (χ4v) is 3.77.